The molecule has 0 saturated carbocycles. The molecule has 23 heavy (non-hydrogen) atoms. The summed E-state index contributed by atoms with van der Waals surface area (Å²) >= 11 is 5.89. The van der Waals surface area contributed by atoms with E-state index in [-0.39, 0.29) is 5.76 Å². The second-order valence-electron chi connectivity index (χ2n) is 5.16. The molecule has 1 heterocycles. The van der Waals surface area contributed by atoms with Gasteiger partial charge >= 0.3 is 0 Å². The highest BCUT2D eigenvalue weighted by molar-refractivity contribution is 6.31. The maximum Gasteiger partial charge on any atom is 0.287 e. The Morgan fingerprint density at radius 2 is 1.91 bits per heavy atom. The zero-order valence-electron chi connectivity index (χ0n) is 12.1. The number of hydrogen-bond acceptors (Lipinski definition) is 2. The van der Waals surface area contributed by atoms with Gasteiger partial charge in [0.1, 0.15) is 5.58 Å². The number of furan rings is 1. The van der Waals surface area contributed by atoms with E-state index in [0.717, 1.165) is 12.1 Å². The lowest BCUT2D eigenvalue weighted by Crippen LogP contribution is -2.26. The summed E-state index contributed by atoms with van der Waals surface area (Å²) in [5, 5.41) is 3.93. The van der Waals surface area contributed by atoms with Crippen molar-refractivity contribution >= 4 is 28.5 Å². The van der Waals surface area contributed by atoms with E-state index in [1.54, 1.807) is 31.2 Å². The van der Waals surface area contributed by atoms with Gasteiger partial charge in [-0.05, 0) is 48.9 Å². The van der Waals surface area contributed by atoms with E-state index in [2.05, 4.69) is 5.32 Å². The predicted molar refractivity (Wildman–Crippen MR) is 83.5 cm³/mol. The van der Waals surface area contributed by atoms with Gasteiger partial charge in [-0.3, -0.25) is 4.79 Å². The standard InChI is InChI=1S/C17H12ClF2NO2/c1-9(10-2-4-13(19)14(20)7-10)21-17(22)16-8-11-6-12(18)3-5-15(11)23-16/h2-9H,1H3,(H,21,22). The van der Waals surface area contributed by atoms with Crippen molar-refractivity contribution < 1.29 is 18.0 Å². The van der Waals surface area contributed by atoms with Crippen LogP contribution in [0.5, 0.6) is 0 Å². The summed E-state index contributed by atoms with van der Waals surface area (Å²) in [4.78, 5) is 12.2. The molecule has 1 N–H and O–H groups in total. The van der Waals surface area contributed by atoms with Crippen molar-refractivity contribution in [2.45, 2.75) is 13.0 Å². The first-order chi connectivity index (χ1) is 10.9. The SMILES string of the molecule is CC(NC(=O)c1cc2cc(Cl)ccc2o1)c1ccc(F)c(F)c1. The van der Waals surface area contributed by atoms with Crippen LogP contribution in [0.4, 0.5) is 8.78 Å². The first-order valence-electron chi connectivity index (χ1n) is 6.89. The zero-order valence-corrected chi connectivity index (χ0v) is 12.8. The molecule has 0 saturated heterocycles. The Balaban J connectivity index is 1.80. The molecule has 0 aliphatic carbocycles. The highest BCUT2D eigenvalue weighted by atomic mass is 35.5. The van der Waals surface area contributed by atoms with E-state index < -0.39 is 23.6 Å². The summed E-state index contributed by atoms with van der Waals surface area (Å²) in [5.74, 6) is -2.21. The molecule has 3 rings (SSSR count). The van der Waals surface area contributed by atoms with Crippen molar-refractivity contribution in [3.63, 3.8) is 0 Å². The number of hydrogen-bond donors (Lipinski definition) is 1. The molecule has 3 nitrogen and oxygen atoms in total. The number of nitrogens with one attached hydrogen (secondary N) is 1. The van der Waals surface area contributed by atoms with Crippen LogP contribution in [0.3, 0.4) is 0 Å². The molecule has 6 heteroatoms. The van der Waals surface area contributed by atoms with Crippen molar-refractivity contribution in [1.82, 2.24) is 5.32 Å². The van der Waals surface area contributed by atoms with Crippen molar-refractivity contribution in [2.75, 3.05) is 0 Å². The monoisotopic (exact) mass is 335 g/mol. The largest absolute Gasteiger partial charge is 0.451 e. The third-order valence-electron chi connectivity index (χ3n) is 3.49. The van der Waals surface area contributed by atoms with Crippen LogP contribution in [0.25, 0.3) is 11.0 Å². The molecule has 1 atom stereocenters. The number of benzene rings is 2. The lowest BCUT2D eigenvalue weighted by molar-refractivity contribution is 0.0914. The van der Waals surface area contributed by atoms with Crippen LogP contribution in [-0.4, -0.2) is 5.91 Å². The van der Waals surface area contributed by atoms with Crippen LogP contribution >= 0.6 is 11.6 Å². The molecule has 1 aromatic heterocycles. The van der Waals surface area contributed by atoms with E-state index in [9.17, 15) is 13.6 Å². The maximum atomic E-state index is 13.3. The van der Waals surface area contributed by atoms with Gasteiger partial charge < -0.3 is 9.73 Å². The van der Waals surface area contributed by atoms with Gasteiger partial charge in [0.25, 0.3) is 5.91 Å². The minimum absolute atomic E-state index is 0.122. The highest BCUT2D eigenvalue weighted by Gasteiger charge is 2.17. The molecular formula is C17H12ClF2NO2. The van der Waals surface area contributed by atoms with Crippen LogP contribution in [0.15, 0.2) is 46.9 Å². The number of carbonyl (C=O) groups is 1. The second kappa shape index (κ2) is 6.01. The van der Waals surface area contributed by atoms with Crippen LogP contribution in [0.1, 0.15) is 29.1 Å². The smallest absolute Gasteiger partial charge is 0.287 e. The molecule has 2 aromatic carbocycles. The van der Waals surface area contributed by atoms with Gasteiger partial charge in [-0.15, -0.1) is 0 Å². The van der Waals surface area contributed by atoms with Crippen molar-refractivity contribution in [1.29, 1.82) is 0 Å². The predicted octanol–water partition coefficient (Wildman–Crippen LogP) is 4.86. The number of amides is 1. The van der Waals surface area contributed by atoms with Gasteiger partial charge in [0.05, 0.1) is 6.04 Å². The molecule has 1 amide bonds. The molecule has 1 unspecified atom stereocenters. The molecule has 0 aliphatic rings. The van der Waals surface area contributed by atoms with Gasteiger partial charge in [-0.1, -0.05) is 17.7 Å². The topological polar surface area (TPSA) is 42.2 Å². The molecule has 0 spiro atoms. The lowest BCUT2D eigenvalue weighted by Gasteiger charge is -2.13. The molecule has 118 valence electrons. The fourth-order valence-corrected chi connectivity index (χ4v) is 2.44. The van der Waals surface area contributed by atoms with Crippen molar-refractivity contribution in [2.24, 2.45) is 0 Å². The summed E-state index contributed by atoms with van der Waals surface area (Å²) in [6, 6.07) is 9.60. The first kappa shape index (κ1) is 15.5. The van der Waals surface area contributed by atoms with Crippen LogP contribution in [-0.2, 0) is 0 Å². The molecular weight excluding hydrogens is 324 g/mol. The maximum absolute atomic E-state index is 13.3. The van der Waals surface area contributed by atoms with Gasteiger partial charge in [0.15, 0.2) is 17.4 Å². The van der Waals surface area contributed by atoms with E-state index >= 15 is 0 Å². The molecule has 0 aliphatic heterocycles. The number of halogens is 3. The highest BCUT2D eigenvalue weighted by Crippen LogP contribution is 2.24. The molecule has 0 radical (unpaired) electrons. The second-order valence-corrected chi connectivity index (χ2v) is 5.60. The quantitative estimate of drug-likeness (QED) is 0.743. The number of carbonyl (C=O) groups excluding carboxylic acids is 1. The van der Waals surface area contributed by atoms with Gasteiger partial charge in [0, 0.05) is 10.4 Å². The number of rotatable bonds is 3. The Hall–Kier alpha value is -2.40. The van der Waals surface area contributed by atoms with E-state index in [4.69, 9.17) is 16.0 Å². The summed E-state index contributed by atoms with van der Waals surface area (Å²) in [6.07, 6.45) is 0. The molecule has 3 aromatic rings. The minimum atomic E-state index is -0.957. The Bertz CT molecular complexity index is 891. The van der Waals surface area contributed by atoms with Crippen molar-refractivity contribution in [3.8, 4) is 0 Å². The first-order valence-corrected chi connectivity index (χ1v) is 7.27. The van der Waals surface area contributed by atoms with Crippen LogP contribution < -0.4 is 5.32 Å². The fourth-order valence-electron chi connectivity index (χ4n) is 2.26. The summed E-state index contributed by atoms with van der Waals surface area (Å²) in [7, 11) is 0. The third kappa shape index (κ3) is 3.19. The Kier molecular flexibility index (Phi) is 4.05. The van der Waals surface area contributed by atoms with Gasteiger partial charge in [-0.2, -0.15) is 0 Å². The fraction of sp³-hybridized carbons (Fsp3) is 0.118. The molecule has 0 bridgehead atoms. The van der Waals surface area contributed by atoms with E-state index in [0.29, 0.717) is 21.6 Å². The summed E-state index contributed by atoms with van der Waals surface area (Å²) in [5.41, 5.74) is 0.997. The van der Waals surface area contributed by atoms with E-state index in [1.807, 2.05) is 0 Å². The van der Waals surface area contributed by atoms with Crippen LogP contribution in [0, 0.1) is 11.6 Å². The summed E-state index contributed by atoms with van der Waals surface area (Å²) in [6.45, 7) is 1.67. The third-order valence-corrected chi connectivity index (χ3v) is 3.73. The minimum Gasteiger partial charge on any atom is -0.451 e. The average molecular weight is 336 g/mol. The zero-order chi connectivity index (χ0) is 16.6. The molecule has 0 fully saturated rings. The van der Waals surface area contributed by atoms with Gasteiger partial charge in [0.2, 0.25) is 0 Å². The Morgan fingerprint density at radius 3 is 2.65 bits per heavy atom. The summed E-state index contributed by atoms with van der Waals surface area (Å²) < 4.78 is 31.7. The van der Waals surface area contributed by atoms with Gasteiger partial charge in [-0.25, -0.2) is 8.78 Å². The van der Waals surface area contributed by atoms with Crippen LogP contribution in [0.2, 0.25) is 5.02 Å². The lowest BCUT2D eigenvalue weighted by atomic mass is 10.1. The van der Waals surface area contributed by atoms with E-state index in [1.165, 1.54) is 6.07 Å². The van der Waals surface area contributed by atoms with Crippen molar-refractivity contribution in [3.05, 3.63) is 70.4 Å². The Morgan fingerprint density at radius 1 is 1.13 bits per heavy atom. The Labute approximate surface area is 135 Å². The average Bonchev–Trinajstić information content (AvgIpc) is 2.93. The normalized spacial score (nSPS) is 12.3. The number of fused-ring (bicyclic) bond motifs is 1.